The Kier molecular flexibility index (Phi) is 5.07. The number of hydrogen-bond acceptors (Lipinski definition) is 5. The second kappa shape index (κ2) is 6.62. The van der Waals surface area contributed by atoms with Crippen LogP contribution in [0.5, 0.6) is 0 Å². The minimum absolute atomic E-state index is 0.0977. The summed E-state index contributed by atoms with van der Waals surface area (Å²) in [5, 5.41) is 5.61. The van der Waals surface area contributed by atoms with Crippen molar-refractivity contribution in [3.63, 3.8) is 0 Å². The standard InChI is InChI=1S/C10H16N4O2/c1-16-3-2-13-10(15)7-14-9-4-8(11)5-12-6-9/h4-6,14H,2-3,7,11H2,1H3,(H,13,15). The molecule has 1 aromatic rings. The van der Waals surface area contributed by atoms with E-state index in [1.165, 1.54) is 0 Å². The maximum atomic E-state index is 11.3. The predicted molar refractivity (Wildman–Crippen MR) is 62.0 cm³/mol. The van der Waals surface area contributed by atoms with Crippen molar-refractivity contribution in [1.82, 2.24) is 10.3 Å². The molecule has 0 aliphatic heterocycles. The summed E-state index contributed by atoms with van der Waals surface area (Å²) < 4.78 is 4.81. The van der Waals surface area contributed by atoms with E-state index < -0.39 is 0 Å². The number of ether oxygens (including phenoxy) is 1. The van der Waals surface area contributed by atoms with Gasteiger partial charge in [0.25, 0.3) is 0 Å². The normalized spacial score (nSPS) is 9.81. The van der Waals surface area contributed by atoms with E-state index in [0.29, 0.717) is 18.8 Å². The average Bonchev–Trinajstić information content (AvgIpc) is 2.27. The number of anilines is 2. The second-order valence-corrected chi connectivity index (χ2v) is 3.20. The van der Waals surface area contributed by atoms with E-state index in [-0.39, 0.29) is 12.5 Å². The van der Waals surface area contributed by atoms with Crippen LogP contribution in [-0.4, -0.2) is 37.7 Å². The summed E-state index contributed by atoms with van der Waals surface area (Å²) in [6.07, 6.45) is 3.16. The van der Waals surface area contributed by atoms with Crippen LogP contribution in [-0.2, 0) is 9.53 Å². The molecule has 1 heterocycles. The van der Waals surface area contributed by atoms with Crippen molar-refractivity contribution >= 4 is 17.3 Å². The first-order valence-electron chi connectivity index (χ1n) is 4.92. The minimum atomic E-state index is -0.0977. The van der Waals surface area contributed by atoms with Gasteiger partial charge in [-0.25, -0.2) is 0 Å². The molecule has 0 spiro atoms. The van der Waals surface area contributed by atoms with Crippen molar-refractivity contribution in [2.24, 2.45) is 0 Å². The van der Waals surface area contributed by atoms with Crippen LogP contribution in [0.4, 0.5) is 11.4 Å². The maximum absolute atomic E-state index is 11.3. The molecule has 0 saturated carbocycles. The Bertz CT molecular complexity index is 343. The third kappa shape index (κ3) is 4.61. The number of carbonyl (C=O) groups is 1. The average molecular weight is 224 g/mol. The van der Waals surface area contributed by atoms with Gasteiger partial charge in [0.15, 0.2) is 0 Å². The molecule has 0 fully saturated rings. The molecule has 0 radical (unpaired) electrons. The van der Waals surface area contributed by atoms with Crippen molar-refractivity contribution in [1.29, 1.82) is 0 Å². The molecular formula is C10H16N4O2. The first kappa shape index (κ1) is 12.3. The first-order valence-corrected chi connectivity index (χ1v) is 4.92. The van der Waals surface area contributed by atoms with Gasteiger partial charge in [0.2, 0.25) is 5.91 Å². The number of carbonyl (C=O) groups excluding carboxylic acids is 1. The summed E-state index contributed by atoms with van der Waals surface area (Å²) in [6, 6.07) is 1.72. The Labute approximate surface area is 94.2 Å². The lowest BCUT2D eigenvalue weighted by Crippen LogP contribution is -2.32. The third-order valence-electron chi connectivity index (χ3n) is 1.84. The van der Waals surface area contributed by atoms with Crippen LogP contribution in [0, 0.1) is 0 Å². The van der Waals surface area contributed by atoms with Gasteiger partial charge in [0.1, 0.15) is 0 Å². The lowest BCUT2D eigenvalue weighted by atomic mass is 10.4. The minimum Gasteiger partial charge on any atom is -0.397 e. The van der Waals surface area contributed by atoms with Crippen LogP contribution in [0.1, 0.15) is 0 Å². The number of nitrogens with one attached hydrogen (secondary N) is 2. The van der Waals surface area contributed by atoms with Crippen molar-refractivity contribution in [2.75, 3.05) is 37.9 Å². The van der Waals surface area contributed by atoms with Crippen LogP contribution < -0.4 is 16.4 Å². The van der Waals surface area contributed by atoms with Gasteiger partial charge in [-0.05, 0) is 6.07 Å². The molecule has 0 aliphatic carbocycles. The van der Waals surface area contributed by atoms with Crippen LogP contribution >= 0.6 is 0 Å². The predicted octanol–water partition coefficient (Wildman–Crippen LogP) is -0.162. The van der Waals surface area contributed by atoms with Gasteiger partial charge in [-0.15, -0.1) is 0 Å². The van der Waals surface area contributed by atoms with E-state index in [9.17, 15) is 4.79 Å². The number of aromatic nitrogens is 1. The number of nitrogen functional groups attached to an aromatic ring is 1. The molecule has 0 unspecified atom stereocenters. The van der Waals surface area contributed by atoms with Gasteiger partial charge in [0, 0.05) is 19.9 Å². The monoisotopic (exact) mass is 224 g/mol. The van der Waals surface area contributed by atoms with Gasteiger partial charge in [-0.1, -0.05) is 0 Å². The van der Waals surface area contributed by atoms with Crippen molar-refractivity contribution in [2.45, 2.75) is 0 Å². The van der Waals surface area contributed by atoms with E-state index in [2.05, 4.69) is 15.6 Å². The number of nitrogens with two attached hydrogens (primary N) is 1. The number of pyridine rings is 1. The summed E-state index contributed by atoms with van der Waals surface area (Å²) in [7, 11) is 1.59. The SMILES string of the molecule is COCCNC(=O)CNc1cncc(N)c1. The molecule has 0 bridgehead atoms. The van der Waals surface area contributed by atoms with Gasteiger partial charge < -0.3 is 21.1 Å². The molecule has 1 aromatic heterocycles. The Morgan fingerprint density at radius 1 is 1.56 bits per heavy atom. The van der Waals surface area contributed by atoms with Crippen molar-refractivity contribution in [3.05, 3.63) is 18.5 Å². The molecule has 16 heavy (non-hydrogen) atoms. The second-order valence-electron chi connectivity index (χ2n) is 3.20. The zero-order valence-corrected chi connectivity index (χ0v) is 9.19. The summed E-state index contributed by atoms with van der Waals surface area (Å²) in [6.45, 7) is 1.20. The molecule has 1 amide bonds. The van der Waals surface area contributed by atoms with E-state index in [1.54, 1.807) is 25.6 Å². The molecule has 0 aromatic carbocycles. The highest BCUT2D eigenvalue weighted by Gasteiger charge is 2.00. The molecule has 0 atom stereocenters. The van der Waals surface area contributed by atoms with Crippen molar-refractivity contribution < 1.29 is 9.53 Å². The van der Waals surface area contributed by atoms with Gasteiger partial charge in [-0.3, -0.25) is 9.78 Å². The molecule has 88 valence electrons. The number of hydrogen-bond donors (Lipinski definition) is 3. The van der Waals surface area contributed by atoms with E-state index in [0.717, 1.165) is 5.69 Å². The summed E-state index contributed by atoms with van der Waals surface area (Å²) in [5.41, 5.74) is 6.83. The number of methoxy groups -OCH3 is 1. The summed E-state index contributed by atoms with van der Waals surface area (Å²) >= 11 is 0. The molecule has 0 aliphatic rings. The fourth-order valence-electron chi connectivity index (χ4n) is 1.09. The summed E-state index contributed by atoms with van der Waals surface area (Å²) in [5.74, 6) is -0.0977. The molecule has 1 rings (SSSR count). The first-order chi connectivity index (χ1) is 7.72. The van der Waals surface area contributed by atoms with Gasteiger partial charge in [-0.2, -0.15) is 0 Å². The van der Waals surface area contributed by atoms with Gasteiger partial charge in [0.05, 0.1) is 30.7 Å². The van der Waals surface area contributed by atoms with Crippen LogP contribution in [0.25, 0.3) is 0 Å². The number of rotatable bonds is 6. The maximum Gasteiger partial charge on any atom is 0.239 e. The Morgan fingerprint density at radius 3 is 3.06 bits per heavy atom. The van der Waals surface area contributed by atoms with Crippen LogP contribution in [0.3, 0.4) is 0 Å². The highest BCUT2D eigenvalue weighted by molar-refractivity contribution is 5.80. The zero-order valence-electron chi connectivity index (χ0n) is 9.19. The quantitative estimate of drug-likeness (QED) is 0.584. The number of nitrogens with zero attached hydrogens (tertiary/aromatic N) is 1. The fraction of sp³-hybridized carbons (Fsp3) is 0.400. The Morgan fingerprint density at radius 2 is 2.38 bits per heavy atom. The lowest BCUT2D eigenvalue weighted by Gasteiger charge is -2.07. The van der Waals surface area contributed by atoms with E-state index in [1.807, 2.05) is 0 Å². The van der Waals surface area contributed by atoms with Crippen LogP contribution in [0.2, 0.25) is 0 Å². The summed E-state index contributed by atoms with van der Waals surface area (Å²) in [4.78, 5) is 15.2. The fourth-order valence-corrected chi connectivity index (χ4v) is 1.09. The highest BCUT2D eigenvalue weighted by Crippen LogP contribution is 2.08. The smallest absolute Gasteiger partial charge is 0.239 e. The van der Waals surface area contributed by atoms with Gasteiger partial charge >= 0.3 is 0 Å². The Hall–Kier alpha value is -1.82. The zero-order chi connectivity index (χ0) is 11.8. The largest absolute Gasteiger partial charge is 0.397 e. The molecule has 4 N–H and O–H groups in total. The van der Waals surface area contributed by atoms with E-state index >= 15 is 0 Å². The molecule has 6 heteroatoms. The topological polar surface area (TPSA) is 89.3 Å². The third-order valence-corrected chi connectivity index (χ3v) is 1.84. The highest BCUT2D eigenvalue weighted by atomic mass is 16.5. The molecule has 0 saturated heterocycles. The van der Waals surface area contributed by atoms with Crippen molar-refractivity contribution in [3.8, 4) is 0 Å². The van der Waals surface area contributed by atoms with E-state index in [4.69, 9.17) is 10.5 Å². The molecular weight excluding hydrogens is 208 g/mol. The Balaban J connectivity index is 2.26. The molecule has 6 nitrogen and oxygen atoms in total. The lowest BCUT2D eigenvalue weighted by molar-refractivity contribution is -0.119. The number of amides is 1. The van der Waals surface area contributed by atoms with Crippen LogP contribution in [0.15, 0.2) is 18.5 Å².